The monoisotopic (exact) mass is 316 g/mol. The lowest BCUT2D eigenvalue weighted by atomic mass is 9.87. The van der Waals surface area contributed by atoms with E-state index in [2.05, 4.69) is 37.0 Å². The fourth-order valence-electron chi connectivity index (χ4n) is 4.16. The molecule has 0 aliphatic carbocycles. The van der Waals surface area contributed by atoms with E-state index < -0.39 is 0 Å². The fourth-order valence-corrected chi connectivity index (χ4v) is 4.16. The zero-order valence-corrected chi connectivity index (χ0v) is 14.2. The van der Waals surface area contributed by atoms with E-state index in [1.54, 1.807) is 0 Å². The van der Waals surface area contributed by atoms with Gasteiger partial charge in [0.25, 0.3) is 0 Å². The van der Waals surface area contributed by atoms with Gasteiger partial charge in [-0.25, -0.2) is 9.97 Å². The smallest absolute Gasteiger partial charge is 0.225 e. The van der Waals surface area contributed by atoms with Gasteiger partial charge in [-0.15, -0.1) is 0 Å². The van der Waals surface area contributed by atoms with Crippen LogP contribution in [0, 0.1) is 5.41 Å². The van der Waals surface area contributed by atoms with Crippen LogP contribution < -0.4 is 10.2 Å². The third-order valence-electron chi connectivity index (χ3n) is 5.73. The van der Waals surface area contributed by atoms with Crippen LogP contribution in [0.1, 0.15) is 18.4 Å². The van der Waals surface area contributed by atoms with Crippen LogP contribution in [0.5, 0.6) is 0 Å². The Morgan fingerprint density at radius 1 is 1.09 bits per heavy atom. The van der Waals surface area contributed by atoms with Gasteiger partial charge in [-0.05, 0) is 38.4 Å². The lowest BCUT2D eigenvalue weighted by Gasteiger charge is -2.32. The average Bonchev–Trinajstić information content (AvgIpc) is 3.19. The van der Waals surface area contributed by atoms with E-state index in [1.807, 2.05) is 12.4 Å². The lowest BCUT2D eigenvalue weighted by Crippen LogP contribution is -2.45. The van der Waals surface area contributed by atoms with Crippen molar-refractivity contribution in [3.8, 4) is 0 Å². The lowest BCUT2D eigenvalue weighted by molar-refractivity contribution is 0.268. The van der Waals surface area contributed by atoms with E-state index in [0.717, 1.165) is 38.7 Å². The molecule has 1 aromatic heterocycles. The minimum atomic E-state index is 0.542. The van der Waals surface area contributed by atoms with Crippen molar-refractivity contribution in [3.63, 3.8) is 0 Å². The summed E-state index contributed by atoms with van der Waals surface area (Å²) in [6.45, 7) is 10.0. The number of rotatable bonds is 3. The van der Waals surface area contributed by atoms with Gasteiger partial charge in [0, 0.05) is 63.8 Å². The number of likely N-dealkylation sites (tertiary alicyclic amines) is 1. The molecule has 6 nitrogen and oxygen atoms in total. The zero-order valence-electron chi connectivity index (χ0n) is 14.2. The van der Waals surface area contributed by atoms with Crippen molar-refractivity contribution in [1.82, 2.24) is 25.1 Å². The maximum Gasteiger partial charge on any atom is 0.225 e. The predicted octanol–water partition coefficient (Wildman–Crippen LogP) is 0.414. The highest BCUT2D eigenvalue weighted by Gasteiger charge is 2.40. The number of nitrogens with zero attached hydrogens (tertiary/aromatic N) is 5. The van der Waals surface area contributed by atoms with E-state index in [1.165, 1.54) is 44.6 Å². The number of hydrogen-bond donors (Lipinski definition) is 1. The van der Waals surface area contributed by atoms with Crippen LogP contribution in [0.2, 0.25) is 0 Å². The van der Waals surface area contributed by atoms with Crippen LogP contribution in [-0.2, 0) is 6.54 Å². The summed E-state index contributed by atoms with van der Waals surface area (Å²) in [6, 6.07) is 0. The number of hydrogen-bond acceptors (Lipinski definition) is 6. The summed E-state index contributed by atoms with van der Waals surface area (Å²) in [4.78, 5) is 16.4. The molecule has 0 radical (unpaired) electrons. The number of nitrogens with one attached hydrogen (secondary N) is 1. The van der Waals surface area contributed by atoms with E-state index in [4.69, 9.17) is 0 Å². The molecule has 126 valence electrons. The number of piperazine rings is 1. The Hall–Kier alpha value is -1.24. The topological polar surface area (TPSA) is 47.5 Å². The molecule has 6 heteroatoms. The maximum absolute atomic E-state index is 4.62. The van der Waals surface area contributed by atoms with E-state index in [0.29, 0.717) is 5.41 Å². The Kier molecular flexibility index (Phi) is 4.22. The minimum Gasteiger partial charge on any atom is -0.338 e. The molecule has 1 atom stereocenters. The molecule has 0 amide bonds. The molecule has 23 heavy (non-hydrogen) atoms. The van der Waals surface area contributed by atoms with Crippen molar-refractivity contribution in [2.24, 2.45) is 5.41 Å². The molecule has 4 heterocycles. The van der Waals surface area contributed by atoms with Gasteiger partial charge < -0.3 is 15.1 Å². The molecular formula is C17H28N6. The number of likely N-dealkylation sites (N-methyl/N-ethyl adjacent to an activating group) is 1. The first-order chi connectivity index (χ1) is 11.2. The minimum absolute atomic E-state index is 0.542. The van der Waals surface area contributed by atoms with Gasteiger partial charge in [-0.3, -0.25) is 4.90 Å². The summed E-state index contributed by atoms with van der Waals surface area (Å²) < 4.78 is 0. The summed E-state index contributed by atoms with van der Waals surface area (Å²) in [5, 5.41) is 3.53. The second-order valence-electron chi connectivity index (χ2n) is 7.57. The predicted molar refractivity (Wildman–Crippen MR) is 91.6 cm³/mol. The van der Waals surface area contributed by atoms with Crippen molar-refractivity contribution in [2.75, 3.05) is 64.3 Å². The third kappa shape index (κ3) is 3.34. The highest BCUT2D eigenvalue weighted by molar-refractivity contribution is 5.30. The second kappa shape index (κ2) is 6.34. The second-order valence-corrected chi connectivity index (χ2v) is 7.57. The first-order valence-corrected chi connectivity index (χ1v) is 8.90. The van der Waals surface area contributed by atoms with Gasteiger partial charge in [-0.2, -0.15) is 0 Å². The van der Waals surface area contributed by atoms with Crippen molar-refractivity contribution in [1.29, 1.82) is 0 Å². The van der Waals surface area contributed by atoms with Crippen molar-refractivity contribution in [2.45, 2.75) is 19.4 Å². The Bertz CT molecular complexity index is 516. The summed E-state index contributed by atoms with van der Waals surface area (Å²) >= 11 is 0. The van der Waals surface area contributed by atoms with Crippen LogP contribution in [-0.4, -0.2) is 79.2 Å². The summed E-state index contributed by atoms with van der Waals surface area (Å²) in [5.41, 5.74) is 1.78. The molecule has 4 rings (SSSR count). The largest absolute Gasteiger partial charge is 0.338 e. The molecule has 1 spiro atoms. The SMILES string of the molecule is CN1CCN(c2ncc(CN3CCC4(CCNC4)C3)cn2)CC1. The molecule has 1 unspecified atom stereocenters. The first kappa shape index (κ1) is 15.3. The van der Waals surface area contributed by atoms with Gasteiger partial charge in [0.05, 0.1) is 0 Å². The molecule has 1 aromatic rings. The van der Waals surface area contributed by atoms with Crippen molar-refractivity contribution < 1.29 is 0 Å². The van der Waals surface area contributed by atoms with Crippen LogP contribution >= 0.6 is 0 Å². The quantitative estimate of drug-likeness (QED) is 0.872. The summed E-state index contributed by atoms with van der Waals surface area (Å²) in [5.74, 6) is 0.889. The van der Waals surface area contributed by atoms with Crippen molar-refractivity contribution in [3.05, 3.63) is 18.0 Å². The molecule has 3 aliphatic heterocycles. The third-order valence-corrected chi connectivity index (χ3v) is 5.73. The van der Waals surface area contributed by atoms with Gasteiger partial charge in [0.15, 0.2) is 0 Å². The highest BCUT2D eigenvalue weighted by atomic mass is 15.3. The molecule has 3 fully saturated rings. The summed E-state index contributed by atoms with van der Waals surface area (Å²) in [7, 11) is 2.17. The van der Waals surface area contributed by atoms with Crippen LogP contribution in [0.15, 0.2) is 12.4 Å². The average molecular weight is 316 g/mol. The van der Waals surface area contributed by atoms with Gasteiger partial charge in [0.1, 0.15) is 0 Å². The van der Waals surface area contributed by atoms with Gasteiger partial charge in [-0.1, -0.05) is 0 Å². The number of anilines is 1. The first-order valence-electron chi connectivity index (χ1n) is 8.90. The van der Waals surface area contributed by atoms with E-state index >= 15 is 0 Å². The van der Waals surface area contributed by atoms with E-state index in [-0.39, 0.29) is 0 Å². The molecule has 0 bridgehead atoms. The van der Waals surface area contributed by atoms with Crippen molar-refractivity contribution >= 4 is 5.95 Å². The Morgan fingerprint density at radius 2 is 1.87 bits per heavy atom. The van der Waals surface area contributed by atoms with Crippen LogP contribution in [0.4, 0.5) is 5.95 Å². The van der Waals surface area contributed by atoms with E-state index in [9.17, 15) is 0 Å². The molecular weight excluding hydrogens is 288 g/mol. The molecule has 0 aromatic carbocycles. The highest BCUT2D eigenvalue weighted by Crippen LogP contribution is 2.36. The fraction of sp³-hybridized carbons (Fsp3) is 0.765. The molecule has 3 aliphatic rings. The Labute approximate surface area is 138 Å². The Morgan fingerprint density at radius 3 is 2.57 bits per heavy atom. The zero-order chi connectivity index (χ0) is 15.7. The molecule has 0 saturated carbocycles. The normalized spacial score (nSPS) is 29.7. The maximum atomic E-state index is 4.62. The molecule has 1 N–H and O–H groups in total. The number of aromatic nitrogens is 2. The Balaban J connectivity index is 1.34. The van der Waals surface area contributed by atoms with Crippen LogP contribution in [0.3, 0.4) is 0 Å². The summed E-state index contributed by atoms with van der Waals surface area (Å²) in [6.07, 6.45) is 6.72. The van der Waals surface area contributed by atoms with Gasteiger partial charge >= 0.3 is 0 Å². The standard InChI is InChI=1S/C17H28N6/c1-21-6-8-23(9-7-21)16-19-10-15(11-20-16)12-22-5-3-17(14-22)2-4-18-13-17/h10-11,18H,2-9,12-14H2,1H3. The van der Waals surface area contributed by atoms with Gasteiger partial charge in [0.2, 0.25) is 5.95 Å². The molecule has 3 saturated heterocycles. The van der Waals surface area contributed by atoms with Crippen LogP contribution in [0.25, 0.3) is 0 Å².